The molecule has 1 amide bonds. The Bertz CT molecular complexity index is 1030. The Hall–Kier alpha value is -3.38. The topological polar surface area (TPSA) is 73.0 Å². The van der Waals surface area contributed by atoms with Gasteiger partial charge in [0, 0.05) is 62.1 Å². The van der Waals surface area contributed by atoms with Crippen LogP contribution in [0.2, 0.25) is 0 Å². The lowest BCUT2D eigenvalue weighted by Crippen LogP contribution is -2.43. The van der Waals surface area contributed by atoms with E-state index in [1.807, 2.05) is 31.2 Å². The van der Waals surface area contributed by atoms with Crippen LogP contribution in [0, 0.1) is 0 Å². The molecule has 0 unspecified atom stereocenters. The number of amides is 1. The maximum atomic E-state index is 12.1. The minimum atomic E-state index is -0.0530. The molecule has 3 aromatic rings. The first kappa shape index (κ1) is 20.9. The van der Waals surface area contributed by atoms with Gasteiger partial charge in [-0.1, -0.05) is 25.1 Å². The van der Waals surface area contributed by atoms with Gasteiger partial charge >= 0.3 is 0 Å². The van der Waals surface area contributed by atoms with Gasteiger partial charge in [-0.25, -0.2) is 0 Å². The Balaban J connectivity index is 1.43. The quantitative estimate of drug-likeness (QED) is 0.549. The standard InChI is InChI=1S/C25H29N5O/c1-2-10-28-25(31)21-17-24(29-18-21)20-9-11-27-22(16-20)6-3-19-4-7-23(8-5-19)30-14-12-26-13-15-30/h3-9,11,16-18,26,29H,2,10,12-15H2,1H3,(H,28,31)/b6-3+. The van der Waals surface area contributed by atoms with Crippen molar-refractivity contribution < 1.29 is 4.79 Å². The van der Waals surface area contributed by atoms with Gasteiger partial charge in [0.2, 0.25) is 0 Å². The maximum Gasteiger partial charge on any atom is 0.252 e. The monoisotopic (exact) mass is 415 g/mol. The molecular weight excluding hydrogens is 386 g/mol. The Morgan fingerprint density at radius 3 is 2.71 bits per heavy atom. The van der Waals surface area contributed by atoms with Crippen molar-refractivity contribution in [2.24, 2.45) is 0 Å². The molecule has 0 aliphatic carbocycles. The Morgan fingerprint density at radius 1 is 1.13 bits per heavy atom. The number of pyridine rings is 1. The van der Waals surface area contributed by atoms with Crippen LogP contribution in [0.25, 0.3) is 23.4 Å². The van der Waals surface area contributed by atoms with Gasteiger partial charge in [-0.2, -0.15) is 0 Å². The molecule has 0 bridgehead atoms. The van der Waals surface area contributed by atoms with Crippen LogP contribution >= 0.6 is 0 Å². The van der Waals surface area contributed by atoms with Crippen LogP contribution in [0.15, 0.2) is 54.9 Å². The lowest BCUT2D eigenvalue weighted by atomic mass is 10.1. The highest BCUT2D eigenvalue weighted by molar-refractivity contribution is 5.95. The summed E-state index contributed by atoms with van der Waals surface area (Å²) in [6.07, 6.45) is 8.55. The van der Waals surface area contributed by atoms with Gasteiger partial charge in [0.1, 0.15) is 0 Å². The highest BCUT2D eigenvalue weighted by Gasteiger charge is 2.10. The molecule has 1 aliphatic rings. The number of aromatic nitrogens is 2. The van der Waals surface area contributed by atoms with Gasteiger partial charge in [0.15, 0.2) is 0 Å². The Kier molecular flexibility index (Phi) is 6.79. The Labute approximate surface area is 183 Å². The SMILES string of the molecule is CCCNC(=O)c1c[nH]c(-c2ccnc(/C=C/c3ccc(N4CCNCC4)cc3)c2)c1. The number of anilines is 1. The first-order valence-corrected chi connectivity index (χ1v) is 10.9. The van der Waals surface area contributed by atoms with E-state index < -0.39 is 0 Å². The third kappa shape index (κ3) is 5.41. The van der Waals surface area contributed by atoms with Crippen LogP contribution < -0.4 is 15.5 Å². The fourth-order valence-corrected chi connectivity index (χ4v) is 3.64. The number of hydrogen-bond donors (Lipinski definition) is 3. The van der Waals surface area contributed by atoms with Crippen LogP contribution in [0.1, 0.15) is 35.0 Å². The van der Waals surface area contributed by atoms with E-state index in [0.717, 1.165) is 55.1 Å². The van der Waals surface area contributed by atoms with E-state index in [1.54, 1.807) is 12.4 Å². The normalized spacial score (nSPS) is 14.2. The van der Waals surface area contributed by atoms with Gasteiger partial charge in [-0.3, -0.25) is 9.78 Å². The molecule has 6 nitrogen and oxygen atoms in total. The van der Waals surface area contributed by atoms with Crippen LogP contribution in [0.3, 0.4) is 0 Å². The van der Waals surface area contributed by atoms with Crippen molar-refractivity contribution in [3.05, 3.63) is 71.7 Å². The second-order valence-electron chi connectivity index (χ2n) is 7.69. The van der Waals surface area contributed by atoms with E-state index in [1.165, 1.54) is 5.69 Å². The molecule has 1 fully saturated rings. The molecule has 0 atom stereocenters. The average molecular weight is 416 g/mol. The molecule has 1 aliphatic heterocycles. The third-order valence-corrected chi connectivity index (χ3v) is 5.39. The molecule has 6 heteroatoms. The second kappa shape index (κ2) is 10.1. The largest absolute Gasteiger partial charge is 0.369 e. The fraction of sp³-hybridized carbons (Fsp3) is 0.280. The molecule has 4 rings (SSSR count). The molecule has 1 saturated heterocycles. The van der Waals surface area contributed by atoms with Crippen molar-refractivity contribution in [2.75, 3.05) is 37.6 Å². The van der Waals surface area contributed by atoms with Crippen molar-refractivity contribution in [1.29, 1.82) is 0 Å². The lowest BCUT2D eigenvalue weighted by Gasteiger charge is -2.29. The van der Waals surface area contributed by atoms with Crippen molar-refractivity contribution in [2.45, 2.75) is 13.3 Å². The first-order valence-electron chi connectivity index (χ1n) is 10.9. The zero-order valence-electron chi connectivity index (χ0n) is 17.9. The van der Waals surface area contributed by atoms with E-state index >= 15 is 0 Å². The fourth-order valence-electron chi connectivity index (χ4n) is 3.64. The van der Waals surface area contributed by atoms with Gasteiger partial charge in [-0.05, 0) is 48.4 Å². The highest BCUT2D eigenvalue weighted by Crippen LogP contribution is 2.21. The summed E-state index contributed by atoms with van der Waals surface area (Å²) in [5.74, 6) is -0.0530. The van der Waals surface area contributed by atoms with Crippen LogP contribution in [-0.2, 0) is 0 Å². The number of hydrogen-bond acceptors (Lipinski definition) is 4. The molecule has 31 heavy (non-hydrogen) atoms. The number of carbonyl (C=O) groups excluding carboxylic acids is 1. The Morgan fingerprint density at radius 2 is 1.94 bits per heavy atom. The van der Waals surface area contributed by atoms with E-state index in [2.05, 4.69) is 55.8 Å². The molecule has 0 radical (unpaired) electrons. The van der Waals surface area contributed by atoms with Crippen molar-refractivity contribution in [1.82, 2.24) is 20.6 Å². The number of nitrogens with zero attached hydrogens (tertiary/aromatic N) is 2. The summed E-state index contributed by atoms with van der Waals surface area (Å²) in [6, 6.07) is 14.5. The second-order valence-corrected chi connectivity index (χ2v) is 7.69. The number of aromatic amines is 1. The predicted molar refractivity (Wildman–Crippen MR) is 127 cm³/mol. The van der Waals surface area contributed by atoms with E-state index in [9.17, 15) is 4.79 Å². The first-order chi connectivity index (χ1) is 15.2. The molecule has 160 valence electrons. The number of nitrogens with one attached hydrogen (secondary N) is 3. The summed E-state index contributed by atoms with van der Waals surface area (Å²) < 4.78 is 0. The maximum absolute atomic E-state index is 12.1. The van der Waals surface area contributed by atoms with Gasteiger partial charge in [0.25, 0.3) is 5.91 Å². The predicted octanol–water partition coefficient (Wildman–Crippen LogP) is 3.80. The molecule has 0 saturated carbocycles. The molecule has 0 spiro atoms. The number of benzene rings is 1. The van der Waals surface area contributed by atoms with Gasteiger partial charge in [0.05, 0.1) is 11.3 Å². The molecule has 1 aromatic carbocycles. The van der Waals surface area contributed by atoms with Gasteiger partial charge in [-0.15, -0.1) is 0 Å². The van der Waals surface area contributed by atoms with E-state index in [-0.39, 0.29) is 5.91 Å². The number of H-pyrrole nitrogens is 1. The molecular formula is C25H29N5O. The zero-order valence-corrected chi connectivity index (χ0v) is 17.9. The van der Waals surface area contributed by atoms with Crippen LogP contribution in [-0.4, -0.2) is 48.6 Å². The zero-order chi connectivity index (χ0) is 21.5. The highest BCUT2D eigenvalue weighted by atomic mass is 16.1. The number of rotatable bonds is 7. The third-order valence-electron chi connectivity index (χ3n) is 5.39. The van der Waals surface area contributed by atoms with Crippen LogP contribution in [0.4, 0.5) is 5.69 Å². The van der Waals surface area contributed by atoms with Crippen molar-refractivity contribution in [3.63, 3.8) is 0 Å². The number of piperazine rings is 1. The summed E-state index contributed by atoms with van der Waals surface area (Å²) in [5, 5.41) is 6.28. The minimum absolute atomic E-state index is 0.0530. The summed E-state index contributed by atoms with van der Waals surface area (Å²) >= 11 is 0. The summed E-state index contributed by atoms with van der Waals surface area (Å²) in [4.78, 5) is 22.2. The number of carbonyl (C=O) groups is 1. The van der Waals surface area contributed by atoms with Crippen molar-refractivity contribution in [3.8, 4) is 11.3 Å². The summed E-state index contributed by atoms with van der Waals surface area (Å²) in [5.41, 5.74) is 5.82. The lowest BCUT2D eigenvalue weighted by molar-refractivity contribution is 0.0954. The minimum Gasteiger partial charge on any atom is -0.369 e. The summed E-state index contributed by atoms with van der Waals surface area (Å²) in [6.45, 7) is 6.89. The van der Waals surface area contributed by atoms with E-state index in [4.69, 9.17) is 0 Å². The van der Waals surface area contributed by atoms with Crippen molar-refractivity contribution >= 4 is 23.7 Å². The molecule has 3 heterocycles. The van der Waals surface area contributed by atoms with Crippen LogP contribution in [0.5, 0.6) is 0 Å². The smallest absolute Gasteiger partial charge is 0.252 e. The van der Waals surface area contributed by atoms with Gasteiger partial charge < -0.3 is 20.5 Å². The molecule has 3 N–H and O–H groups in total. The average Bonchev–Trinajstić information content (AvgIpc) is 3.33. The summed E-state index contributed by atoms with van der Waals surface area (Å²) in [7, 11) is 0. The molecule has 2 aromatic heterocycles. The van der Waals surface area contributed by atoms with E-state index in [0.29, 0.717) is 12.1 Å².